The van der Waals surface area contributed by atoms with Crippen molar-refractivity contribution < 1.29 is 0 Å². The molecule has 2 aliphatic carbocycles. The number of nitrogens with zero attached hydrogens (tertiary/aromatic N) is 2. The van der Waals surface area contributed by atoms with Crippen molar-refractivity contribution in [1.29, 1.82) is 0 Å². The van der Waals surface area contributed by atoms with Crippen molar-refractivity contribution in [2.24, 2.45) is 0 Å². The van der Waals surface area contributed by atoms with E-state index >= 15 is 0 Å². The van der Waals surface area contributed by atoms with Gasteiger partial charge in [0.1, 0.15) is 0 Å². The van der Waals surface area contributed by atoms with Crippen LogP contribution < -0.4 is 9.80 Å². The molecule has 1 spiro atoms. The van der Waals surface area contributed by atoms with Crippen LogP contribution in [0.15, 0.2) is 206 Å². The first kappa shape index (κ1) is 37.1. The summed E-state index contributed by atoms with van der Waals surface area (Å²) >= 11 is 0. The Morgan fingerprint density at radius 1 is 0.333 bits per heavy atom. The fraction of sp³-hybridized carbons (Fsp3) is 0.0820. The van der Waals surface area contributed by atoms with Gasteiger partial charge in [-0.25, -0.2) is 0 Å². The number of aryl methyl sites for hydroxylation is 4. The third-order valence-electron chi connectivity index (χ3n) is 13.8. The minimum atomic E-state index is -0.575. The number of hydrogen-bond acceptors (Lipinski definition) is 2. The monoisotopic (exact) mass is 806 g/mol. The Kier molecular flexibility index (Phi) is 8.36. The van der Waals surface area contributed by atoms with Gasteiger partial charge < -0.3 is 9.80 Å². The van der Waals surface area contributed by atoms with Gasteiger partial charge in [0, 0.05) is 33.8 Å². The summed E-state index contributed by atoms with van der Waals surface area (Å²) in [5, 5.41) is 4.98. The zero-order valence-electron chi connectivity index (χ0n) is 36.0. The summed E-state index contributed by atoms with van der Waals surface area (Å²) in [7, 11) is 0. The number of fused-ring (bicyclic) bond motifs is 14. The average Bonchev–Trinajstić information content (AvgIpc) is 3.79. The molecule has 12 rings (SSSR count). The summed E-state index contributed by atoms with van der Waals surface area (Å²) < 4.78 is 0. The van der Waals surface area contributed by atoms with Crippen LogP contribution in [-0.2, 0) is 5.41 Å². The predicted molar refractivity (Wildman–Crippen MR) is 266 cm³/mol. The number of anilines is 6. The van der Waals surface area contributed by atoms with Crippen molar-refractivity contribution in [2.45, 2.75) is 33.1 Å². The molecule has 300 valence electrons. The molecule has 2 nitrogen and oxygen atoms in total. The number of para-hydroxylation sites is 2. The standard InChI is InChI=1S/C61H46N2/c1-39-28-34-56(42(4)35-39)63(45-19-9-6-10-20-45)58-38-55-59(51-24-12-11-23-50(51)58)52-32-30-43-37-46(62(44-17-7-5-8-18-44)57-36-40(2)27-29-41(57)3)31-33-47(43)60(52)61(55)53-25-15-13-21-48(53)49-22-14-16-26-54(49)61/h5-38H,1-4H3. The molecule has 10 aromatic carbocycles. The van der Waals surface area contributed by atoms with Crippen molar-refractivity contribution >= 4 is 55.7 Å². The average molecular weight is 807 g/mol. The lowest BCUT2D eigenvalue weighted by atomic mass is 9.69. The Balaban J connectivity index is 1.19. The maximum absolute atomic E-state index is 2.56. The zero-order chi connectivity index (χ0) is 42.4. The highest BCUT2D eigenvalue weighted by molar-refractivity contribution is 6.15. The van der Waals surface area contributed by atoms with Crippen LogP contribution >= 0.6 is 0 Å². The van der Waals surface area contributed by atoms with E-state index in [1.54, 1.807) is 0 Å². The molecule has 0 aliphatic heterocycles. The molecule has 10 aromatic rings. The lowest BCUT2D eigenvalue weighted by Crippen LogP contribution is -2.26. The van der Waals surface area contributed by atoms with E-state index in [0.29, 0.717) is 0 Å². The second-order valence-corrected chi connectivity index (χ2v) is 17.5. The predicted octanol–water partition coefficient (Wildman–Crippen LogP) is 16.5. The molecular weight excluding hydrogens is 761 g/mol. The molecule has 0 atom stereocenters. The summed E-state index contributed by atoms with van der Waals surface area (Å²) in [6, 6.07) is 77.3. The molecular formula is C61H46N2. The number of rotatable bonds is 6. The topological polar surface area (TPSA) is 6.48 Å². The maximum atomic E-state index is 2.56. The first-order valence-electron chi connectivity index (χ1n) is 22.1. The molecule has 2 heteroatoms. The Hall–Kier alpha value is -7.68. The molecule has 63 heavy (non-hydrogen) atoms. The summed E-state index contributed by atoms with van der Waals surface area (Å²) in [5.41, 5.74) is 21.9. The minimum absolute atomic E-state index is 0.575. The SMILES string of the molecule is Cc1ccc(N(c2ccccc2)c2cc3c(c4ccccc24)-c2ccc4cc(N(c5ccccc5)c5cc(C)ccc5C)ccc4c2C32c3ccccc3-c3ccccc32)c(C)c1. The van der Waals surface area contributed by atoms with Gasteiger partial charge in [-0.15, -0.1) is 0 Å². The van der Waals surface area contributed by atoms with E-state index in [4.69, 9.17) is 0 Å². The van der Waals surface area contributed by atoms with Crippen LogP contribution in [0, 0.1) is 27.7 Å². The van der Waals surface area contributed by atoms with Gasteiger partial charge in [-0.3, -0.25) is 0 Å². The summed E-state index contributed by atoms with van der Waals surface area (Å²) in [5.74, 6) is 0. The summed E-state index contributed by atoms with van der Waals surface area (Å²) in [6.07, 6.45) is 0. The Labute approximate surface area is 370 Å². The molecule has 0 fully saturated rings. The largest absolute Gasteiger partial charge is 0.310 e. The zero-order valence-corrected chi connectivity index (χ0v) is 36.0. The lowest BCUT2D eigenvalue weighted by molar-refractivity contribution is 0.802. The van der Waals surface area contributed by atoms with E-state index in [-0.39, 0.29) is 0 Å². The maximum Gasteiger partial charge on any atom is 0.0732 e. The molecule has 0 radical (unpaired) electrons. The molecule has 0 amide bonds. The fourth-order valence-corrected chi connectivity index (χ4v) is 11.1. The van der Waals surface area contributed by atoms with Crippen LogP contribution in [0.25, 0.3) is 43.8 Å². The van der Waals surface area contributed by atoms with Crippen molar-refractivity contribution in [3.8, 4) is 22.3 Å². The van der Waals surface area contributed by atoms with Gasteiger partial charge in [0.2, 0.25) is 0 Å². The third-order valence-corrected chi connectivity index (χ3v) is 13.8. The highest BCUT2D eigenvalue weighted by Gasteiger charge is 2.53. The fourth-order valence-electron chi connectivity index (χ4n) is 11.1. The Morgan fingerprint density at radius 2 is 0.937 bits per heavy atom. The van der Waals surface area contributed by atoms with Crippen LogP contribution in [0.2, 0.25) is 0 Å². The van der Waals surface area contributed by atoms with Gasteiger partial charge in [0.05, 0.1) is 11.1 Å². The second-order valence-electron chi connectivity index (χ2n) is 17.5. The first-order valence-corrected chi connectivity index (χ1v) is 22.1. The van der Waals surface area contributed by atoms with Gasteiger partial charge in [-0.1, -0.05) is 157 Å². The molecule has 0 unspecified atom stereocenters. The smallest absolute Gasteiger partial charge is 0.0732 e. The van der Waals surface area contributed by atoms with Crippen molar-refractivity contribution in [3.05, 3.63) is 251 Å². The van der Waals surface area contributed by atoms with Crippen molar-refractivity contribution in [3.63, 3.8) is 0 Å². The van der Waals surface area contributed by atoms with Gasteiger partial charge in [0.15, 0.2) is 0 Å². The van der Waals surface area contributed by atoms with Crippen LogP contribution in [0.1, 0.15) is 44.5 Å². The van der Waals surface area contributed by atoms with E-state index in [9.17, 15) is 0 Å². The van der Waals surface area contributed by atoms with Gasteiger partial charge in [-0.2, -0.15) is 0 Å². The highest BCUT2D eigenvalue weighted by Crippen LogP contribution is 2.66. The van der Waals surface area contributed by atoms with Crippen LogP contribution in [0.5, 0.6) is 0 Å². The Bertz CT molecular complexity index is 3410. The van der Waals surface area contributed by atoms with Gasteiger partial charge in [-0.05, 0) is 160 Å². The normalized spacial score (nSPS) is 12.9. The van der Waals surface area contributed by atoms with Gasteiger partial charge >= 0.3 is 0 Å². The van der Waals surface area contributed by atoms with Crippen LogP contribution in [0.4, 0.5) is 34.1 Å². The molecule has 0 saturated heterocycles. The molecule has 2 aliphatic rings. The Morgan fingerprint density at radius 3 is 1.63 bits per heavy atom. The molecule has 0 saturated carbocycles. The molecule has 0 N–H and O–H groups in total. The van der Waals surface area contributed by atoms with Gasteiger partial charge in [0.25, 0.3) is 0 Å². The molecule has 0 heterocycles. The number of benzene rings is 10. The van der Waals surface area contributed by atoms with Crippen molar-refractivity contribution in [1.82, 2.24) is 0 Å². The first-order chi connectivity index (χ1) is 30.9. The second kappa shape index (κ2) is 14.2. The van der Waals surface area contributed by atoms with Crippen LogP contribution in [-0.4, -0.2) is 0 Å². The van der Waals surface area contributed by atoms with E-state index in [2.05, 4.69) is 244 Å². The minimum Gasteiger partial charge on any atom is -0.310 e. The third kappa shape index (κ3) is 5.44. The van der Waals surface area contributed by atoms with Crippen molar-refractivity contribution in [2.75, 3.05) is 9.80 Å². The highest BCUT2D eigenvalue weighted by atomic mass is 15.2. The van der Waals surface area contributed by atoms with E-state index in [1.165, 1.54) is 105 Å². The molecule has 0 bridgehead atoms. The van der Waals surface area contributed by atoms with E-state index < -0.39 is 5.41 Å². The number of hydrogen-bond donors (Lipinski definition) is 0. The quantitative estimate of drug-likeness (QED) is 0.165. The molecule has 0 aromatic heterocycles. The van der Waals surface area contributed by atoms with E-state index in [0.717, 1.165) is 17.1 Å². The summed E-state index contributed by atoms with van der Waals surface area (Å²) in [4.78, 5) is 4.92. The summed E-state index contributed by atoms with van der Waals surface area (Å²) in [6.45, 7) is 8.82. The van der Waals surface area contributed by atoms with E-state index in [1.807, 2.05) is 0 Å². The van der Waals surface area contributed by atoms with Crippen LogP contribution in [0.3, 0.4) is 0 Å². The lowest BCUT2D eigenvalue weighted by Gasteiger charge is -2.34.